The molecule has 2 aliphatic rings. The molecule has 0 spiro atoms. The summed E-state index contributed by atoms with van der Waals surface area (Å²) in [6.07, 6.45) is 3.78. The number of hydrogen-bond donors (Lipinski definition) is 0. The van der Waals surface area contributed by atoms with Gasteiger partial charge in [0, 0.05) is 0 Å². The predicted molar refractivity (Wildman–Crippen MR) is 71.9 cm³/mol. The molecule has 2 rings (SSSR count). The van der Waals surface area contributed by atoms with Crippen LogP contribution in [-0.2, 0) is 19.0 Å². The molecule has 2 fully saturated rings. The minimum absolute atomic E-state index is 0.0663. The van der Waals surface area contributed by atoms with E-state index in [-0.39, 0.29) is 12.1 Å². The fraction of sp³-hybridized carbons (Fsp3) is 0.933. The molecule has 0 bridgehead atoms. The van der Waals surface area contributed by atoms with Crippen molar-refractivity contribution in [1.29, 1.82) is 0 Å². The van der Waals surface area contributed by atoms with Crippen LogP contribution in [0.2, 0.25) is 0 Å². The van der Waals surface area contributed by atoms with Gasteiger partial charge in [-0.15, -0.1) is 0 Å². The van der Waals surface area contributed by atoms with Gasteiger partial charge in [-0.3, -0.25) is 0 Å². The molecule has 0 N–H and O–H groups in total. The molecule has 4 nitrogen and oxygen atoms in total. The highest BCUT2D eigenvalue weighted by atomic mass is 16.6. The van der Waals surface area contributed by atoms with Crippen LogP contribution in [0.25, 0.3) is 0 Å². The molecule has 0 unspecified atom stereocenters. The third kappa shape index (κ3) is 4.18. The Balaban J connectivity index is 1.74. The van der Waals surface area contributed by atoms with Crippen LogP contribution in [0, 0.1) is 11.3 Å². The molecule has 0 aromatic carbocycles. The standard InChI is InChI=1S/C15H26O4/c1-15(2,3)11-4-6-12(7-5-11)19-14(16)13-10-17-8-9-18-13/h11-13H,4-10H2,1-3H3/t11?,12?,13-/m0/s1. The number of esters is 1. The number of carbonyl (C=O) groups is 1. The van der Waals surface area contributed by atoms with E-state index in [9.17, 15) is 4.79 Å². The van der Waals surface area contributed by atoms with E-state index in [0.717, 1.165) is 31.6 Å². The van der Waals surface area contributed by atoms with Crippen molar-refractivity contribution in [3.63, 3.8) is 0 Å². The van der Waals surface area contributed by atoms with E-state index in [0.29, 0.717) is 25.2 Å². The van der Waals surface area contributed by atoms with Crippen LogP contribution in [0.4, 0.5) is 0 Å². The molecule has 0 aromatic rings. The van der Waals surface area contributed by atoms with Gasteiger partial charge in [0.15, 0.2) is 6.10 Å². The third-order valence-electron chi connectivity index (χ3n) is 4.26. The largest absolute Gasteiger partial charge is 0.460 e. The monoisotopic (exact) mass is 270 g/mol. The van der Waals surface area contributed by atoms with Crippen molar-refractivity contribution >= 4 is 5.97 Å². The van der Waals surface area contributed by atoms with Crippen molar-refractivity contribution in [3.8, 4) is 0 Å². The van der Waals surface area contributed by atoms with Crippen molar-refractivity contribution in [2.24, 2.45) is 11.3 Å². The van der Waals surface area contributed by atoms with Gasteiger partial charge in [-0.05, 0) is 37.0 Å². The summed E-state index contributed by atoms with van der Waals surface area (Å²) in [7, 11) is 0. The van der Waals surface area contributed by atoms with Crippen molar-refractivity contribution in [3.05, 3.63) is 0 Å². The van der Waals surface area contributed by atoms with E-state index in [2.05, 4.69) is 20.8 Å². The van der Waals surface area contributed by atoms with Crippen LogP contribution in [-0.4, -0.2) is 38.0 Å². The van der Waals surface area contributed by atoms with Crippen LogP contribution in [0.1, 0.15) is 46.5 Å². The zero-order chi connectivity index (χ0) is 13.9. The Kier molecular flexibility index (Phi) is 4.85. The smallest absolute Gasteiger partial charge is 0.337 e. The normalized spacial score (nSPS) is 32.9. The van der Waals surface area contributed by atoms with Crippen molar-refractivity contribution in [2.75, 3.05) is 19.8 Å². The lowest BCUT2D eigenvalue weighted by atomic mass is 9.72. The lowest BCUT2D eigenvalue weighted by Gasteiger charge is -2.37. The first kappa shape index (κ1) is 14.8. The Labute approximate surface area is 115 Å². The first-order valence-electron chi connectivity index (χ1n) is 7.36. The Morgan fingerprint density at radius 3 is 2.32 bits per heavy atom. The average molecular weight is 270 g/mol. The lowest BCUT2D eigenvalue weighted by Crippen LogP contribution is -2.39. The zero-order valence-electron chi connectivity index (χ0n) is 12.3. The molecule has 0 amide bonds. The van der Waals surface area contributed by atoms with E-state index in [1.54, 1.807) is 0 Å². The van der Waals surface area contributed by atoms with Crippen molar-refractivity contribution in [2.45, 2.75) is 58.7 Å². The summed E-state index contributed by atoms with van der Waals surface area (Å²) >= 11 is 0. The zero-order valence-corrected chi connectivity index (χ0v) is 12.3. The molecule has 1 atom stereocenters. The molecular formula is C15H26O4. The van der Waals surface area contributed by atoms with Crippen LogP contribution >= 0.6 is 0 Å². The Morgan fingerprint density at radius 2 is 1.79 bits per heavy atom. The van der Waals surface area contributed by atoms with Gasteiger partial charge in [0.1, 0.15) is 6.10 Å². The molecular weight excluding hydrogens is 244 g/mol. The molecule has 1 aliphatic carbocycles. The second kappa shape index (κ2) is 6.23. The van der Waals surface area contributed by atoms with Crippen molar-refractivity contribution < 1.29 is 19.0 Å². The van der Waals surface area contributed by atoms with Crippen LogP contribution in [0.5, 0.6) is 0 Å². The highest BCUT2D eigenvalue weighted by molar-refractivity contribution is 5.75. The van der Waals surface area contributed by atoms with Gasteiger partial charge in [0.2, 0.25) is 0 Å². The Bertz CT molecular complexity index is 294. The molecule has 0 radical (unpaired) electrons. The van der Waals surface area contributed by atoms with E-state index < -0.39 is 6.10 Å². The first-order chi connectivity index (χ1) is 8.97. The minimum Gasteiger partial charge on any atom is -0.460 e. The number of ether oxygens (including phenoxy) is 3. The second-order valence-electron chi connectivity index (χ2n) is 6.71. The van der Waals surface area contributed by atoms with Gasteiger partial charge in [-0.2, -0.15) is 0 Å². The lowest BCUT2D eigenvalue weighted by molar-refractivity contribution is -0.177. The summed E-state index contributed by atoms with van der Waals surface area (Å²) in [4.78, 5) is 11.9. The SMILES string of the molecule is CC(C)(C)C1CCC(OC(=O)[C@@H]2COCCO2)CC1. The first-order valence-corrected chi connectivity index (χ1v) is 7.36. The van der Waals surface area contributed by atoms with Gasteiger partial charge in [0.05, 0.1) is 19.8 Å². The highest BCUT2D eigenvalue weighted by Crippen LogP contribution is 2.38. The molecule has 1 saturated heterocycles. The van der Waals surface area contributed by atoms with Crippen LogP contribution in [0.3, 0.4) is 0 Å². The van der Waals surface area contributed by atoms with E-state index in [4.69, 9.17) is 14.2 Å². The van der Waals surface area contributed by atoms with Gasteiger partial charge < -0.3 is 14.2 Å². The molecule has 1 aliphatic heterocycles. The summed E-state index contributed by atoms with van der Waals surface area (Å²) in [5.41, 5.74) is 0.356. The summed E-state index contributed by atoms with van der Waals surface area (Å²) in [5.74, 6) is 0.482. The molecule has 110 valence electrons. The van der Waals surface area contributed by atoms with Crippen LogP contribution < -0.4 is 0 Å². The Morgan fingerprint density at radius 1 is 1.11 bits per heavy atom. The predicted octanol–water partition coefficient (Wildman–Crippen LogP) is 2.55. The molecule has 1 saturated carbocycles. The molecule has 4 heteroatoms. The number of carbonyl (C=O) groups excluding carboxylic acids is 1. The highest BCUT2D eigenvalue weighted by Gasteiger charge is 2.33. The topological polar surface area (TPSA) is 44.8 Å². The summed E-state index contributed by atoms with van der Waals surface area (Å²) in [6.45, 7) is 8.25. The van der Waals surface area contributed by atoms with E-state index in [1.807, 2.05) is 0 Å². The quantitative estimate of drug-likeness (QED) is 0.723. The summed E-state index contributed by atoms with van der Waals surface area (Å²) in [5, 5.41) is 0. The van der Waals surface area contributed by atoms with Gasteiger partial charge >= 0.3 is 5.97 Å². The maximum Gasteiger partial charge on any atom is 0.337 e. The molecule has 19 heavy (non-hydrogen) atoms. The van der Waals surface area contributed by atoms with E-state index >= 15 is 0 Å². The van der Waals surface area contributed by atoms with Gasteiger partial charge in [0.25, 0.3) is 0 Å². The molecule has 1 heterocycles. The van der Waals surface area contributed by atoms with Gasteiger partial charge in [-0.25, -0.2) is 4.79 Å². The summed E-state index contributed by atoms with van der Waals surface area (Å²) in [6, 6.07) is 0. The number of hydrogen-bond acceptors (Lipinski definition) is 4. The number of rotatable bonds is 2. The van der Waals surface area contributed by atoms with E-state index in [1.165, 1.54) is 0 Å². The Hall–Kier alpha value is -0.610. The third-order valence-corrected chi connectivity index (χ3v) is 4.26. The second-order valence-corrected chi connectivity index (χ2v) is 6.71. The minimum atomic E-state index is -0.519. The fourth-order valence-electron chi connectivity index (χ4n) is 2.91. The maximum atomic E-state index is 11.9. The van der Waals surface area contributed by atoms with Gasteiger partial charge in [-0.1, -0.05) is 20.8 Å². The summed E-state index contributed by atoms with van der Waals surface area (Å²) < 4.78 is 16.1. The average Bonchev–Trinajstić information content (AvgIpc) is 2.39. The fourth-order valence-corrected chi connectivity index (χ4v) is 2.91. The van der Waals surface area contributed by atoms with Crippen molar-refractivity contribution in [1.82, 2.24) is 0 Å². The molecule has 0 aromatic heterocycles. The van der Waals surface area contributed by atoms with Crippen LogP contribution in [0.15, 0.2) is 0 Å². The maximum absolute atomic E-state index is 11.9.